The van der Waals surface area contributed by atoms with Gasteiger partial charge in [-0.2, -0.15) is 0 Å². The molecule has 3 saturated heterocycles. The lowest BCUT2D eigenvalue weighted by Gasteiger charge is -2.67. The number of carbonyl (C=O) groups is 2. The first kappa shape index (κ1) is 51.0. The quantitative estimate of drug-likeness (QED) is 0.113. The normalized spacial score (nSPS) is 49.1. The summed E-state index contributed by atoms with van der Waals surface area (Å²) in [5.41, 5.74) is -6.04. The first-order chi connectivity index (χ1) is 30.5. The van der Waals surface area contributed by atoms with Crippen molar-refractivity contribution in [3.05, 3.63) is 23.3 Å². The van der Waals surface area contributed by atoms with Gasteiger partial charge in [0.25, 0.3) is 0 Å². The van der Waals surface area contributed by atoms with Gasteiger partial charge in [-0.05, 0) is 97.8 Å². The van der Waals surface area contributed by atoms with Crippen LogP contribution >= 0.6 is 0 Å². The summed E-state index contributed by atoms with van der Waals surface area (Å²) < 4.78 is 62.1. The Morgan fingerprint density at radius 1 is 0.769 bits per heavy atom. The molecule has 3 saturated carbocycles. The zero-order chi connectivity index (χ0) is 47.6. The number of methoxy groups -OCH3 is 3. The first-order valence-corrected chi connectivity index (χ1v) is 24.0. The molecule has 0 radical (unpaired) electrons. The summed E-state index contributed by atoms with van der Waals surface area (Å²) in [6, 6.07) is 0. The zero-order valence-electron chi connectivity index (χ0n) is 40.7. The molecule has 0 amide bonds. The SMILES string of the molecule is CO[C@H]1C[C@H](O[C@H]2CC[C@@]3(C)C(=CC[C@]4(O)[C@@H]3C[C@@H](OC(=O)/C=C(\C)C(C)C)[C@@]3(C)[C@]4(O)CC[C@@]3(O)C(C)=O)C2)O[C@H](C)[C@H]1O[C@H]1C[C@H](OC)[C@H](O[C@H]2C[C@@H](OC)[C@H](O)[C@@H](C)O2)[C@@H](C)O1. The second kappa shape index (κ2) is 19.1. The van der Waals surface area contributed by atoms with Crippen LogP contribution in [0.5, 0.6) is 0 Å². The fourth-order valence-electron chi connectivity index (χ4n) is 12.9. The summed E-state index contributed by atoms with van der Waals surface area (Å²) in [5, 5.41) is 48.3. The number of Topliss-reactive ketones (excluding diaryl/α,β-unsaturated/α-hetero) is 1. The van der Waals surface area contributed by atoms with E-state index in [1.165, 1.54) is 13.0 Å². The van der Waals surface area contributed by atoms with Crippen molar-refractivity contribution in [1.82, 2.24) is 0 Å². The van der Waals surface area contributed by atoms with Gasteiger partial charge in [0.1, 0.15) is 41.2 Å². The number of aliphatic hydroxyl groups excluding tert-OH is 1. The largest absolute Gasteiger partial charge is 0.458 e. The van der Waals surface area contributed by atoms with Gasteiger partial charge in [-0.15, -0.1) is 0 Å². The molecule has 3 aliphatic heterocycles. The van der Waals surface area contributed by atoms with Crippen LogP contribution in [0.3, 0.4) is 0 Å². The summed E-state index contributed by atoms with van der Waals surface area (Å²) in [5.74, 6) is -1.59. The Hall–Kier alpha value is -1.90. The van der Waals surface area contributed by atoms with E-state index in [0.29, 0.717) is 38.5 Å². The van der Waals surface area contributed by atoms with Gasteiger partial charge in [0.2, 0.25) is 0 Å². The molecule has 16 heteroatoms. The van der Waals surface area contributed by atoms with Crippen molar-refractivity contribution in [2.45, 2.75) is 229 Å². The maximum absolute atomic E-state index is 13.5. The fraction of sp³-hybridized carbons (Fsp3) is 0.878. The lowest BCUT2D eigenvalue weighted by atomic mass is 9.42. The summed E-state index contributed by atoms with van der Waals surface area (Å²) in [7, 11) is 4.84. The lowest BCUT2D eigenvalue weighted by molar-refractivity contribution is -0.338. The van der Waals surface area contributed by atoms with Crippen molar-refractivity contribution < 1.29 is 77.4 Å². The molecule has 7 rings (SSSR count). The summed E-state index contributed by atoms with van der Waals surface area (Å²) in [4.78, 5) is 26.8. The Morgan fingerprint density at radius 3 is 1.85 bits per heavy atom. The van der Waals surface area contributed by atoms with Crippen molar-refractivity contribution in [2.75, 3.05) is 21.3 Å². The molecule has 65 heavy (non-hydrogen) atoms. The van der Waals surface area contributed by atoms with Gasteiger partial charge >= 0.3 is 5.97 Å². The molecule has 3 heterocycles. The highest BCUT2D eigenvalue weighted by molar-refractivity contribution is 5.87. The molecule has 0 bridgehead atoms. The van der Waals surface area contributed by atoms with Crippen LogP contribution in [-0.4, -0.2) is 156 Å². The molecule has 6 fully saturated rings. The van der Waals surface area contributed by atoms with Crippen molar-refractivity contribution in [3.8, 4) is 0 Å². The molecule has 0 aromatic heterocycles. The molecule has 4 N–H and O–H groups in total. The third kappa shape index (κ3) is 8.75. The average molecular weight is 923 g/mol. The highest BCUT2D eigenvalue weighted by Gasteiger charge is 2.81. The van der Waals surface area contributed by atoms with Crippen LogP contribution in [-0.2, 0) is 57.0 Å². The molecule has 0 aromatic carbocycles. The molecular formula is C49H78O16. The number of hydrogen-bond donors (Lipinski definition) is 4. The minimum atomic E-state index is -2.02. The van der Waals surface area contributed by atoms with E-state index in [1.807, 2.05) is 40.7 Å². The van der Waals surface area contributed by atoms with Gasteiger partial charge in [0.05, 0.1) is 48.1 Å². The number of ether oxygens (including phenoxy) is 10. The first-order valence-electron chi connectivity index (χ1n) is 24.0. The van der Waals surface area contributed by atoms with E-state index >= 15 is 0 Å². The van der Waals surface area contributed by atoms with Crippen molar-refractivity contribution >= 4 is 11.8 Å². The topological polar surface area (TPSA) is 207 Å². The van der Waals surface area contributed by atoms with Crippen LogP contribution in [0.25, 0.3) is 0 Å². The maximum Gasteiger partial charge on any atom is 0.330 e. The van der Waals surface area contributed by atoms with Crippen LogP contribution in [0.4, 0.5) is 0 Å². The Morgan fingerprint density at radius 2 is 1.31 bits per heavy atom. The van der Waals surface area contributed by atoms with Gasteiger partial charge in [0, 0.05) is 52.6 Å². The Balaban J connectivity index is 1.01. The molecule has 4 aliphatic carbocycles. The molecule has 0 unspecified atom stereocenters. The van der Waals surface area contributed by atoms with Crippen LogP contribution in [0.2, 0.25) is 0 Å². The Labute approximate surface area is 384 Å². The monoisotopic (exact) mass is 923 g/mol. The van der Waals surface area contributed by atoms with Crippen LogP contribution < -0.4 is 0 Å². The lowest BCUT2D eigenvalue weighted by Crippen LogP contribution is -2.78. The predicted octanol–water partition coefficient (Wildman–Crippen LogP) is 4.59. The third-order valence-electron chi connectivity index (χ3n) is 17.4. The highest BCUT2D eigenvalue weighted by atomic mass is 16.7. The molecule has 20 atom stereocenters. The van der Waals surface area contributed by atoms with E-state index in [9.17, 15) is 30.0 Å². The minimum Gasteiger partial charge on any atom is -0.458 e. The second-order valence-electron chi connectivity index (χ2n) is 21.0. The predicted molar refractivity (Wildman–Crippen MR) is 234 cm³/mol. The second-order valence-corrected chi connectivity index (χ2v) is 21.0. The van der Waals surface area contributed by atoms with Crippen molar-refractivity contribution in [1.29, 1.82) is 0 Å². The van der Waals surface area contributed by atoms with Gasteiger partial charge < -0.3 is 67.8 Å². The third-order valence-corrected chi connectivity index (χ3v) is 17.4. The minimum absolute atomic E-state index is 0.0276. The van der Waals surface area contributed by atoms with Gasteiger partial charge in [-0.1, -0.05) is 38.0 Å². The Bertz CT molecular complexity index is 1790. The van der Waals surface area contributed by atoms with E-state index in [-0.39, 0.29) is 49.9 Å². The molecule has 7 aliphatic rings. The number of fused-ring (bicyclic) bond motifs is 5. The highest BCUT2D eigenvalue weighted by Crippen LogP contribution is 2.71. The number of carbonyl (C=O) groups excluding carboxylic acids is 2. The zero-order valence-corrected chi connectivity index (χ0v) is 40.7. The van der Waals surface area contributed by atoms with E-state index in [2.05, 4.69) is 6.92 Å². The smallest absolute Gasteiger partial charge is 0.330 e. The molecule has 0 spiro atoms. The van der Waals surface area contributed by atoms with Crippen LogP contribution in [0.1, 0.15) is 127 Å². The average Bonchev–Trinajstić information content (AvgIpc) is 3.48. The van der Waals surface area contributed by atoms with Crippen LogP contribution in [0.15, 0.2) is 23.3 Å². The van der Waals surface area contributed by atoms with E-state index in [1.54, 1.807) is 35.2 Å². The molecule has 16 nitrogen and oxygen atoms in total. The number of esters is 1. The summed E-state index contributed by atoms with van der Waals surface area (Å²) in [6.07, 6.45) is -0.620. The van der Waals surface area contributed by atoms with Gasteiger partial charge in [-0.3, -0.25) is 4.79 Å². The number of ketones is 1. The van der Waals surface area contributed by atoms with E-state index in [4.69, 9.17) is 47.4 Å². The van der Waals surface area contributed by atoms with Crippen molar-refractivity contribution in [2.24, 2.45) is 22.7 Å². The van der Waals surface area contributed by atoms with E-state index in [0.717, 1.165) is 11.1 Å². The number of hydrogen-bond acceptors (Lipinski definition) is 16. The maximum atomic E-state index is 13.5. The summed E-state index contributed by atoms with van der Waals surface area (Å²) >= 11 is 0. The fourth-order valence-corrected chi connectivity index (χ4v) is 12.9. The number of rotatable bonds is 13. The number of aliphatic hydroxyl groups is 4. The number of allylic oxidation sites excluding steroid dienone is 1. The molecule has 0 aromatic rings. The summed E-state index contributed by atoms with van der Waals surface area (Å²) in [6.45, 7) is 16.4. The standard InChI is InChI=1S/C49H78O16/c1-25(2)26(3)19-38(51)63-37-24-36-45(8)15-14-32(20-31(45)13-16-48(36,54)49(55)18-17-47(53,30(7)50)46(37,49)9)62-39-22-34(57-11)43(28(5)60-39)65-41-23-35(58-12)44(29(6)61-41)64-40-21-33(56-10)42(52)27(4)59-40/h13,19,25,27-29,32-37,39-44,52-55H,14-18,20-24H2,1-12H3/b26-19+/t27-,28-,29-,32+,33-,34+,35+,36-,37-,39+,40+,41+,42-,43-,44-,45+,46-,47-,48+,49-/m1/s1. The molecule has 370 valence electrons. The van der Waals surface area contributed by atoms with Crippen LogP contribution in [0, 0.1) is 22.7 Å². The van der Waals surface area contributed by atoms with Crippen molar-refractivity contribution in [3.63, 3.8) is 0 Å². The molecular weight excluding hydrogens is 845 g/mol. The van der Waals surface area contributed by atoms with Gasteiger partial charge in [-0.25, -0.2) is 4.79 Å². The Kier molecular flexibility index (Phi) is 15.0. The van der Waals surface area contributed by atoms with Gasteiger partial charge in [0.15, 0.2) is 24.7 Å². The van der Waals surface area contributed by atoms with E-state index < -0.39 is 113 Å².